The Bertz CT molecular complexity index is 694. The largest absolute Gasteiger partial charge is 0.493 e. The third kappa shape index (κ3) is 4.86. The number of hydrogen-bond acceptors (Lipinski definition) is 4. The first-order valence-corrected chi connectivity index (χ1v) is 7.17. The zero-order chi connectivity index (χ0) is 16.7. The Kier molecular flexibility index (Phi) is 5.77. The van der Waals surface area contributed by atoms with Crippen molar-refractivity contribution in [2.45, 2.75) is 13.5 Å². The van der Waals surface area contributed by atoms with Crippen LogP contribution in [0.4, 0.5) is 0 Å². The molecule has 0 aromatic heterocycles. The van der Waals surface area contributed by atoms with Gasteiger partial charge in [0.25, 0.3) is 5.91 Å². The summed E-state index contributed by atoms with van der Waals surface area (Å²) in [6.45, 7) is 2.48. The second-order valence-corrected chi connectivity index (χ2v) is 5.03. The Morgan fingerprint density at radius 2 is 1.91 bits per heavy atom. The van der Waals surface area contributed by atoms with Crippen LogP contribution in [0.15, 0.2) is 48.5 Å². The summed E-state index contributed by atoms with van der Waals surface area (Å²) in [4.78, 5) is 11.2. The molecule has 0 saturated carbocycles. The summed E-state index contributed by atoms with van der Waals surface area (Å²) >= 11 is 0. The van der Waals surface area contributed by atoms with E-state index in [0.717, 1.165) is 11.1 Å². The molecule has 1 amide bonds. The fourth-order valence-corrected chi connectivity index (χ4v) is 1.98. The van der Waals surface area contributed by atoms with Crippen LogP contribution in [0, 0.1) is 6.92 Å². The van der Waals surface area contributed by atoms with Crippen LogP contribution < -0.4 is 20.7 Å². The summed E-state index contributed by atoms with van der Waals surface area (Å²) in [6.07, 6.45) is 3.01. The third-order valence-corrected chi connectivity index (χ3v) is 3.27. The second-order valence-electron chi connectivity index (χ2n) is 5.03. The van der Waals surface area contributed by atoms with Gasteiger partial charge in [-0.25, -0.2) is 5.84 Å². The number of hydrazine groups is 1. The number of ether oxygens (including phenoxy) is 2. The lowest BCUT2D eigenvalue weighted by atomic mass is 10.1. The molecule has 0 unspecified atom stereocenters. The molecule has 5 nitrogen and oxygen atoms in total. The van der Waals surface area contributed by atoms with Crippen molar-refractivity contribution in [3.63, 3.8) is 0 Å². The minimum absolute atomic E-state index is 0.372. The highest BCUT2D eigenvalue weighted by Gasteiger charge is 2.06. The molecule has 120 valence electrons. The maximum Gasteiger partial charge on any atom is 0.257 e. The molecule has 0 saturated heterocycles. The molecule has 5 heteroatoms. The van der Waals surface area contributed by atoms with E-state index in [0.29, 0.717) is 18.1 Å². The number of carbonyl (C=O) groups is 1. The summed E-state index contributed by atoms with van der Waals surface area (Å²) in [7, 11) is 1.59. The number of carbonyl (C=O) groups excluding carboxylic acids is 1. The van der Waals surface area contributed by atoms with Crippen molar-refractivity contribution in [1.82, 2.24) is 5.43 Å². The standard InChI is InChI=1S/C18H20N2O3/c1-13-3-5-15(6-4-13)12-23-17-11-14(7-9-16(17)22-2)8-10-18(21)20-19/h3-11H,12,19H2,1-2H3,(H,20,21)/b10-8+. The van der Waals surface area contributed by atoms with E-state index in [-0.39, 0.29) is 5.91 Å². The Balaban J connectivity index is 2.13. The van der Waals surface area contributed by atoms with Crippen molar-refractivity contribution < 1.29 is 14.3 Å². The van der Waals surface area contributed by atoms with Gasteiger partial charge in [-0.15, -0.1) is 0 Å². The van der Waals surface area contributed by atoms with Gasteiger partial charge >= 0.3 is 0 Å². The van der Waals surface area contributed by atoms with Crippen molar-refractivity contribution in [2.75, 3.05) is 7.11 Å². The lowest BCUT2D eigenvalue weighted by Crippen LogP contribution is -2.27. The number of nitrogens with one attached hydrogen (secondary N) is 1. The summed E-state index contributed by atoms with van der Waals surface area (Å²) in [5.41, 5.74) is 5.13. The van der Waals surface area contributed by atoms with Crippen LogP contribution in [-0.2, 0) is 11.4 Å². The van der Waals surface area contributed by atoms with Gasteiger partial charge in [0, 0.05) is 6.08 Å². The molecule has 2 rings (SSSR count). The molecular formula is C18H20N2O3. The third-order valence-electron chi connectivity index (χ3n) is 3.27. The number of aryl methyl sites for hydroxylation is 1. The lowest BCUT2D eigenvalue weighted by molar-refractivity contribution is -0.116. The van der Waals surface area contributed by atoms with Gasteiger partial charge in [-0.3, -0.25) is 10.2 Å². The fourth-order valence-electron chi connectivity index (χ4n) is 1.98. The second kappa shape index (κ2) is 8.00. The average Bonchev–Trinajstić information content (AvgIpc) is 2.59. The van der Waals surface area contributed by atoms with Gasteiger partial charge < -0.3 is 9.47 Å². The topological polar surface area (TPSA) is 73.6 Å². The van der Waals surface area contributed by atoms with Gasteiger partial charge in [0.15, 0.2) is 11.5 Å². The van der Waals surface area contributed by atoms with E-state index in [2.05, 4.69) is 0 Å². The highest BCUT2D eigenvalue weighted by atomic mass is 16.5. The highest BCUT2D eigenvalue weighted by molar-refractivity contribution is 5.91. The first-order valence-electron chi connectivity index (χ1n) is 7.17. The van der Waals surface area contributed by atoms with Gasteiger partial charge in [-0.05, 0) is 36.3 Å². The minimum atomic E-state index is -0.372. The van der Waals surface area contributed by atoms with E-state index in [1.165, 1.54) is 11.6 Å². The SMILES string of the molecule is COc1ccc(/C=C/C(=O)NN)cc1OCc1ccc(C)cc1. The number of hydrogen-bond donors (Lipinski definition) is 2. The van der Waals surface area contributed by atoms with Crippen LogP contribution in [0.2, 0.25) is 0 Å². The number of amides is 1. The summed E-state index contributed by atoms with van der Waals surface area (Å²) in [5, 5.41) is 0. The number of rotatable bonds is 6. The van der Waals surface area contributed by atoms with Crippen LogP contribution in [0.1, 0.15) is 16.7 Å². The summed E-state index contributed by atoms with van der Waals surface area (Å²) < 4.78 is 11.1. The van der Waals surface area contributed by atoms with E-state index in [1.807, 2.05) is 48.7 Å². The van der Waals surface area contributed by atoms with Gasteiger partial charge in [-0.1, -0.05) is 35.9 Å². The van der Waals surface area contributed by atoms with Gasteiger partial charge in [-0.2, -0.15) is 0 Å². The normalized spacial score (nSPS) is 10.6. The van der Waals surface area contributed by atoms with Crippen LogP contribution in [-0.4, -0.2) is 13.0 Å². The van der Waals surface area contributed by atoms with E-state index in [9.17, 15) is 4.79 Å². The molecule has 0 spiro atoms. The zero-order valence-corrected chi connectivity index (χ0v) is 13.2. The molecule has 2 aromatic rings. The number of methoxy groups -OCH3 is 1. The van der Waals surface area contributed by atoms with E-state index < -0.39 is 0 Å². The molecule has 2 aromatic carbocycles. The fraction of sp³-hybridized carbons (Fsp3) is 0.167. The molecular weight excluding hydrogens is 292 g/mol. The molecule has 23 heavy (non-hydrogen) atoms. The molecule has 3 N–H and O–H groups in total. The van der Waals surface area contributed by atoms with Crippen molar-refractivity contribution in [3.05, 3.63) is 65.2 Å². The Hall–Kier alpha value is -2.79. The monoisotopic (exact) mass is 312 g/mol. The van der Waals surface area contributed by atoms with Crippen molar-refractivity contribution in [2.24, 2.45) is 5.84 Å². The van der Waals surface area contributed by atoms with Gasteiger partial charge in [0.1, 0.15) is 6.61 Å². The zero-order valence-electron chi connectivity index (χ0n) is 13.2. The molecule has 0 aliphatic heterocycles. The Morgan fingerprint density at radius 1 is 1.17 bits per heavy atom. The molecule has 0 bridgehead atoms. The molecule has 0 radical (unpaired) electrons. The maximum atomic E-state index is 11.2. The summed E-state index contributed by atoms with van der Waals surface area (Å²) in [6, 6.07) is 13.6. The van der Waals surface area contributed by atoms with Crippen LogP contribution in [0.5, 0.6) is 11.5 Å². The molecule has 0 aliphatic carbocycles. The van der Waals surface area contributed by atoms with Crippen molar-refractivity contribution in [1.29, 1.82) is 0 Å². The minimum Gasteiger partial charge on any atom is -0.493 e. The van der Waals surface area contributed by atoms with Crippen molar-refractivity contribution in [3.8, 4) is 11.5 Å². The van der Waals surface area contributed by atoms with Crippen LogP contribution >= 0.6 is 0 Å². The smallest absolute Gasteiger partial charge is 0.257 e. The molecule has 0 aliphatic rings. The molecule has 0 heterocycles. The first kappa shape index (κ1) is 16.6. The quantitative estimate of drug-likeness (QED) is 0.372. The molecule has 0 fully saturated rings. The highest BCUT2D eigenvalue weighted by Crippen LogP contribution is 2.29. The van der Waals surface area contributed by atoms with Crippen LogP contribution in [0.3, 0.4) is 0 Å². The predicted molar refractivity (Wildman–Crippen MR) is 89.9 cm³/mol. The van der Waals surface area contributed by atoms with Gasteiger partial charge in [0.05, 0.1) is 7.11 Å². The van der Waals surface area contributed by atoms with E-state index >= 15 is 0 Å². The maximum absolute atomic E-state index is 11.2. The Labute approximate surface area is 135 Å². The first-order chi connectivity index (χ1) is 11.1. The predicted octanol–water partition coefficient (Wildman–Crippen LogP) is 2.59. The molecule has 0 atom stereocenters. The Morgan fingerprint density at radius 3 is 2.57 bits per heavy atom. The average molecular weight is 312 g/mol. The number of nitrogens with two attached hydrogens (primary N) is 1. The van der Waals surface area contributed by atoms with E-state index in [4.69, 9.17) is 15.3 Å². The van der Waals surface area contributed by atoms with Gasteiger partial charge in [0.2, 0.25) is 0 Å². The van der Waals surface area contributed by atoms with Crippen LogP contribution in [0.25, 0.3) is 6.08 Å². The van der Waals surface area contributed by atoms with Crippen molar-refractivity contribution >= 4 is 12.0 Å². The lowest BCUT2D eigenvalue weighted by Gasteiger charge is -2.11. The van der Waals surface area contributed by atoms with E-state index in [1.54, 1.807) is 19.3 Å². The summed E-state index contributed by atoms with van der Waals surface area (Å²) in [5.74, 6) is 5.92. The number of benzene rings is 2.